The van der Waals surface area contributed by atoms with Gasteiger partial charge in [-0.2, -0.15) is 0 Å². The lowest BCUT2D eigenvalue weighted by molar-refractivity contribution is 0.0762. The largest absolute Gasteiger partial charge is 0.331 e. The molecule has 5 nitrogen and oxygen atoms in total. The average molecular weight is 424 g/mol. The minimum atomic E-state index is -3.85. The van der Waals surface area contributed by atoms with Gasteiger partial charge in [0.2, 0.25) is 0 Å². The predicted molar refractivity (Wildman–Crippen MR) is 115 cm³/mol. The van der Waals surface area contributed by atoms with Gasteiger partial charge in [0.1, 0.15) is 5.82 Å². The second-order valence-electron chi connectivity index (χ2n) is 6.60. The standard InChI is InChI=1S/C23H21FN2O3S/c1-2-16-26(17-18-6-4-3-5-7-18)23(27)19-8-12-21(13-9-19)25-30(28,29)22-14-10-20(24)11-15-22/h2-15,25H,1,16-17H2. The van der Waals surface area contributed by atoms with Crippen LogP contribution in [0, 0.1) is 5.82 Å². The van der Waals surface area contributed by atoms with E-state index in [4.69, 9.17) is 0 Å². The smallest absolute Gasteiger partial charge is 0.261 e. The number of amides is 1. The number of benzene rings is 3. The van der Waals surface area contributed by atoms with E-state index in [2.05, 4.69) is 11.3 Å². The molecule has 3 aromatic carbocycles. The Balaban J connectivity index is 1.74. The summed E-state index contributed by atoms with van der Waals surface area (Å²) < 4.78 is 40.3. The quantitative estimate of drug-likeness (QED) is 0.543. The zero-order valence-electron chi connectivity index (χ0n) is 16.2. The van der Waals surface area contributed by atoms with Gasteiger partial charge in [-0.1, -0.05) is 36.4 Å². The first kappa shape index (κ1) is 21.3. The summed E-state index contributed by atoms with van der Waals surface area (Å²) in [6, 6.07) is 20.3. The molecule has 0 atom stereocenters. The van der Waals surface area contributed by atoms with Crippen molar-refractivity contribution < 1.29 is 17.6 Å². The number of carbonyl (C=O) groups is 1. The van der Waals surface area contributed by atoms with E-state index >= 15 is 0 Å². The number of carbonyl (C=O) groups excluding carboxylic acids is 1. The third-order valence-corrected chi connectivity index (χ3v) is 5.76. The molecular weight excluding hydrogens is 403 g/mol. The molecule has 0 saturated carbocycles. The van der Waals surface area contributed by atoms with Crippen molar-refractivity contribution in [1.29, 1.82) is 0 Å². The van der Waals surface area contributed by atoms with E-state index in [-0.39, 0.29) is 10.8 Å². The van der Waals surface area contributed by atoms with E-state index in [0.29, 0.717) is 24.3 Å². The first-order chi connectivity index (χ1) is 14.4. The highest BCUT2D eigenvalue weighted by molar-refractivity contribution is 7.92. The van der Waals surface area contributed by atoms with Gasteiger partial charge >= 0.3 is 0 Å². The van der Waals surface area contributed by atoms with E-state index < -0.39 is 15.8 Å². The summed E-state index contributed by atoms with van der Waals surface area (Å²) in [5.74, 6) is -0.705. The summed E-state index contributed by atoms with van der Waals surface area (Å²) >= 11 is 0. The molecular formula is C23H21FN2O3S. The van der Waals surface area contributed by atoms with Crippen molar-refractivity contribution >= 4 is 21.6 Å². The Morgan fingerprint density at radius 1 is 0.967 bits per heavy atom. The fourth-order valence-electron chi connectivity index (χ4n) is 2.87. The predicted octanol–water partition coefficient (Wildman–Crippen LogP) is 4.45. The van der Waals surface area contributed by atoms with Crippen LogP contribution < -0.4 is 4.72 Å². The molecule has 0 radical (unpaired) electrons. The minimum absolute atomic E-state index is 0.0518. The third kappa shape index (κ3) is 5.33. The average Bonchev–Trinajstić information content (AvgIpc) is 2.74. The lowest BCUT2D eigenvalue weighted by atomic mass is 10.1. The summed E-state index contributed by atoms with van der Waals surface area (Å²) in [4.78, 5) is 14.5. The topological polar surface area (TPSA) is 66.5 Å². The fraction of sp³-hybridized carbons (Fsp3) is 0.0870. The Hall–Kier alpha value is -3.45. The van der Waals surface area contributed by atoms with Gasteiger partial charge in [0.25, 0.3) is 15.9 Å². The van der Waals surface area contributed by atoms with Crippen LogP contribution in [0.3, 0.4) is 0 Å². The molecule has 7 heteroatoms. The highest BCUT2D eigenvalue weighted by Gasteiger charge is 2.17. The molecule has 154 valence electrons. The van der Waals surface area contributed by atoms with Crippen molar-refractivity contribution in [2.45, 2.75) is 11.4 Å². The maximum absolute atomic E-state index is 13.0. The van der Waals surface area contributed by atoms with Crippen LogP contribution in [0.1, 0.15) is 15.9 Å². The van der Waals surface area contributed by atoms with Gasteiger partial charge in [0, 0.05) is 24.3 Å². The maximum Gasteiger partial charge on any atom is 0.261 e. The van der Waals surface area contributed by atoms with Gasteiger partial charge in [-0.05, 0) is 54.1 Å². The molecule has 1 amide bonds. The Morgan fingerprint density at radius 2 is 1.60 bits per heavy atom. The SMILES string of the molecule is C=CCN(Cc1ccccc1)C(=O)c1ccc(NS(=O)(=O)c2ccc(F)cc2)cc1. The van der Waals surface area contributed by atoms with Crippen LogP contribution >= 0.6 is 0 Å². The first-order valence-electron chi connectivity index (χ1n) is 9.21. The molecule has 0 saturated heterocycles. The number of nitrogens with zero attached hydrogens (tertiary/aromatic N) is 1. The Labute approximate surface area is 175 Å². The molecule has 3 aromatic rings. The monoisotopic (exact) mass is 424 g/mol. The van der Waals surface area contributed by atoms with Crippen molar-refractivity contribution in [1.82, 2.24) is 4.90 Å². The maximum atomic E-state index is 13.0. The number of sulfonamides is 1. The minimum Gasteiger partial charge on any atom is -0.331 e. The molecule has 0 aliphatic rings. The molecule has 0 bridgehead atoms. The van der Waals surface area contributed by atoms with Crippen molar-refractivity contribution in [3.8, 4) is 0 Å². The first-order valence-corrected chi connectivity index (χ1v) is 10.7. The highest BCUT2D eigenvalue weighted by Crippen LogP contribution is 2.18. The van der Waals surface area contributed by atoms with Crippen LogP contribution in [0.5, 0.6) is 0 Å². The van der Waals surface area contributed by atoms with Gasteiger partial charge in [-0.3, -0.25) is 9.52 Å². The Bertz CT molecular complexity index is 1110. The lowest BCUT2D eigenvalue weighted by Crippen LogP contribution is -2.30. The molecule has 0 unspecified atom stereocenters. The summed E-state index contributed by atoms with van der Waals surface area (Å²) in [5, 5.41) is 0. The molecule has 0 heterocycles. The molecule has 1 N–H and O–H groups in total. The fourth-order valence-corrected chi connectivity index (χ4v) is 3.93. The van der Waals surface area contributed by atoms with Crippen LogP contribution in [0.2, 0.25) is 0 Å². The van der Waals surface area contributed by atoms with Gasteiger partial charge in [-0.15, -0.1) is 6.58 Å². The summed E-state index contributed by atoms with van der Waals surface area (Å²) in [6.45, 7) is 4.53. The van der Waals surface area contributed by atoms with E-state index in [9.17, 15) is 17.6 Å². The second kappa shape index (κ2) is 9.37. The van der Waals surface area contributed by atoms with Crippen molar-refractivity contribution in [2.75, 3.05) is 11.3 Å². The molecule has 0 fully saturated rings. The van der Waals surface area contributed by atoms with Crippen molar-refractivity contribution in [3.63, 3.8) is 0 Å². The lowest BCUT2D eigenvalue weighted by Gasteiger charge is -2.21. The van der Waals surface area contributed by atoms with Crippen LogP contribution in [-0.2, 0) is 16.6 Å². The molecule has 0 aliphatic carbocycles. The molecule has 0 spiro atoms. The van der Waals surface area contributed by atoms with Crippen LogP contribution in [-0.4, -0.2) is 25.8 Å². The molecule has 30 heavy (non-hydrogen) atoms. The zero-order valence-corrected chi connectivity index (χ0v) is 17.0. The molecule has 0 aromatic heterocycles. The summed E-state index contributed by atoms with van der Waals surface area (Å²) in [6.07, 6.45) is 1.66. The zero-order chi connectivity index (χ0) is 21.6. The van der Waals surface area contributed by atoms with Gasteiger partial charge in [-0.25, -0.2) is 12.8 Å². The van der Waals surface area contributed by atoms with E-state index in [0.717, 1.165) is 17.7 Å². The number of nitrogens with one attached hydrogen (secondary N) is 1. The number of hydrogen-bond acceptors (Lipinski definition) is 3. The number of rotatable bonds is 8. The van der Waals surface area contributed by atoms with Gasteiger partial charge in [0.05, 0.1) is 4.90 Å². The molecule has 0 aliphatic heterocycles. The van der Waals surface area contributed by atoms with Crippen LogP contribution in [0.4, 0.5) is 10.1 Å². The Kier molecular flexibility index (Phi) is 6.64. The van der Waals surface area contributed by atoms with Gasteiger partial charge in [0.15, 0.2) is 0 Å². The Morgan fingerprint density at radius 3 is 2.20 bits per heavy atom. The van der Waals surface area contributed by atoms with Gasteiger partial charge < -0.3 is 4.90 Å². The molecule has 3 rings (SSSR count). The number of hydrogen-bond donors (Lipinski definition) is 1. The van der Waals surface area contributed by atoms with E-state index in [1.165, 1.54) is 24.3 Å². The van der Waals surface area contributed by atoms with E-state index in [1.807, 2.05) is 30.3 Å². The van der Waals surface area contributed by atoms with Crippen LogP contribution in [0.15, 0.2) is 96.4 Å². The normalized spacial score (nSPS) is 11.0. The van der Waals surface area contributed by atoms with E-state index in [1.54, 1.807) is 23.1 Å². The summed E-state index contributed by atoms with van der Waals surface area (Å²) in [5.41, 5.74) is 1.73. The third-order valence-electron chi connectivity index (χ3n) is 4.36. The summed E-state index contributed by atoms with van der Waals surface area (Å²) in [7, 11) is -3.85. The highest BCUT2D eigenvalue weighted by atomic mass is 32.2. The second-order valence-corrected chi connectivity index (χ2v) is 8.28. The van der Waals surface area contributed by atoms with Crippen molar-refractivity contribution in [3.05, 3.63) is 108 Å². The van der Waals surface area contributed by atoms with Crippen LogP contribution in [0.25, 0.3) is 0 Å². The van der Waals surface area contributed by atoms with Crippen molar-refractivity contribution in [2.24, 2.45) is 0 Å². The number of halogens is 1. The number of anilines is 1.